The first-order valence-electron chi connectivity index (χ1n) is 3.33. The summed E-state index contributed by atoms with van der Waals surface area (Å²) in [5.74, 6) is 0. The summed E-state index contributed by atoms with van der Waals surface area (Å²) in [5, 5.41) is 0. The van der Waals surface area contributed by atoms with E-state index in [2.05, 4.69) is 25.8 Å². The number of rotatable bonds is 5. The van der Waals surface area contributed by atoms with Crippen molar-refractivity contribution in [2.75, 3.05) is 6.54 Å². The Labute approximate surface area is 68.4 Å². The average molecular weight is 157 g/mol. The molecule has 0 radical (unpaired) electrons. The van der Waals surface area contributed by atoms with Crippen LogP contribution in [0, 0.1) is 0 Å². The van der Waals surface area contributed by atoms with Crippen molar-refractivity contribution in [3.05, 3.63) is 25.3 Å². The minimum absolute atomic E-state index is 0.122. The van der Waals surface area contributed by atoms with Crippen molar-refractivity contribution in [2.45, 2.75) is 17.6 Å². The molecule has 0 spiro atoms. The summed E-state index contributed by atoms with van der Waals surface area (Å²) < 4.78 is -0.122. The molecule has 58 valence electrons. The van der Waals surface area contributed by atoms with Crippen molar-refractivity contribution in [3.8, 4) is 0 Å². The second kappa shape index (κ2) is 4.58. The van der Waals surface area contributed by atoms with Crippen LogP contribution in [0.5, 0.6) is 0 Å². The van der Waals surface area contributed by atoms with Gasteiger partial charge < -0.3 is 5.73 Å². The van der Waals surface area contributed by atoms with E-state index >= 15 is 0 Å². The third-order valence-electron chi connectivity index (χ3n) is 1.43. The fourth-order valence-corrected chi connectivity index (χ4v) is 1.05. The lowest BCUT2D eigenvalue weighted by atomic mass is 10.0. The van der Waals surface area contributed by atoms with Gasteiger partial charge in [-0.05, 0) is 12.8 Å². The summed E-state index contributed by atoms with van der Waals surface area (Å²) in [4.78, 5) is 0. The van der Waals surface area contributed by atoms with Crippen LogP contribution in [-0.2, 0) is 0 Å². The van der Waals surface area contributed by atoms with Crippen molar-refractivity contribution in [3.63, 3.8) is 0 Å². The molecular weight excluding hydrogens is 142 g/mol. The van der Waals surface area contributed by atoms with E-state index in [1.807, 2.05) is 12.2 Å². The Morgan fingerprint density at radius 3 is 1.90 bits per heavy atom. The predicted octanol–water partition coefficient (Wildman–Crippen LogP) is 1.77. The zero-order valence-corrected chi connectivity index (χ0v) is 7.11. The maximum atomic E-state index is 5.51. The number of nitrogens with two attached hydrogens (primary N) is 1. The summed E-state index contributed by atoms with van der Waals surface area (Å²) in [7, 11) is 0. The van der Waals surface area contributed by atoms with Crippen LogP contribution in [0.15, 0.2) is 25.3 Å². The fourth-order valence-electron chi connectivity index (χ4n) is 0.787. The van der Waals surface area contributed by atoms with Gasteiger partial charge >= 0.3 is 0 Å². The van der Waals surface area contributed by atoms with E-state index in [0.717, 1.165) is 12.8 Å². The second-order valence-corrected chi connectivity index (χ2v) is 3.36. The van der Waals surface area contributed by atoms with E-state index in [4.69, 9.17) is 5.73 Å². The Bertz CT molecular complexity index is 110. The quantitative estimate of drug-likeness (QED) is 0.461. The van der Waals surface area contributed by atoms with Crippen molar-refractivity contribution >= 4 is 12.6 Å². The highest BCUT2D eigenvalue weighted by Crippen LogP contribution is 2.22. The van der Waals surface area contributed by atoms with Crippen molar-refractivity contribution in [1.82, 2.24) is 0 Å². The molecule has 0 rings (SSSR count). The van der Waals surface area contributed by atoms with Crippen LogP contribution in [0.4, 0.5) is 0 Å². The summed E-state index contributed by atoms with van der Waals surface area (Å²) in [6.45, 7) is 7.84. The maximum absolute atomic E-state index is 5.51. The first-order chi connectivity index (χ1) is 4.68. The van der Waals surface area contributed by atoms with Gasteiger partial charge in [0.2, 0.25) is 0 Å². The van der Waals surface area contributed by atoms with Gasteiger partial charge in [0.25, 0.3) is 0 Å². The molecule has 0 fully saturated rings. The fraction of sp³-hybridized carbons (Fsp3) is 0.500. The van der Waals surface area contributed by atoms with Crippen molar-refractivity contribution in [1.29, 1.82) is 0 Å². The van der Waals surface area contributed by atoms with Crippen LogP contribution >= 0.6 is 12.6 Å². The molecule has 0 aliphatic carbocycles. The second-order valence-electron chi connectivity index (χ2n) is 2.41. The number of hydrogen-bond acceptors (Lipinski definition) is 2. The highest BCUT2D eigenvalue weighted by Gasteiger charge is 2.19. The van der Waals surface area contributed by atoms with Gasteiger partial charge in [0, 0.05) is 11.3 Å². The van der Waals surface area contributed by atoms with Gasteiger partial charge in [-0.2, -0.15) is 12.6 Å². The molecule has 0 saturated heterocycles. The molecular formula is C8H15NS. The first kappa shape index (κ1) is 9.79. The Kier molecular flexibility index (Phi) is 4.49. The van der Waals surface area contributed by atoms with Gasteiger partial charge in [0.05, 0.1) is 0 Å². The average Bonchev–Trinajstić information content (AvgIpc) is 1.89. The molecule has 10 heavy (non-hydrogen) atoms. The van der Waals surface area contributed by atoms with Crippen molar-refractivity contribution in [2.24, 2.45) is 5.73 Å². The van der Waals surface area contributed by atoms with Crippen LogP contribution in [0.25, 0.3) is 0 Å². The van der Waals surface area contributed by atoms with Gasteiger partial charge in [0.1, 0.15) is 0 Å². The standard InChI is InChI=1S/C8H15NS/c1-3-5-8(10,7-9)6-4-2/h3-4,10H,1-2,5-7,9H2. The van der Waals surface area contributed by atoms with Crippen LogP contribution in [0.1, 0.15) is 12.8 Å². The van der Waals surface area contributed by atoms with Crippen LogP contribution in [-0.4, -0.2) is 11.3 Å². The zero-order chi connectivity index (χ0) is 8.04. The molecule has 0 bridgehead atoms. The highest BCUT2D eigenvalue weighted by atomic mass is 32.1. The van der Waals surface area contributed by atoms with Crippen LogP contribution in [0.2, 0.25) is 0 Å². The Balaban J connectivity index is 3.92. The third-order valence-corrected chi connectivity index (χ3v) is 1.98. The molecule has 0 atom stereocenters. The highest BCUT2D eigenvalue weighted by molar-refractivity contribution is 7.81. The van der Waals surface area contributed by atoms with Crippen LogP contribution in [0.3, 0.4) is 0 Å². The number of thiol groups is 1. The van der Waals surface area contributed by atoms with Crippen LogP contribution < -0.4 is 5.73 Å². The van der Waals surface area contributed by atoms with E-state index in [0.29, 0.717) is 6.54 Å². The van der Waals surface area contributed by atoms with Gasteiger partial charge in [-0.25, -0.2) is 0 Å². The molecule has 2 N–H and O–H groups in total. The van der Waals surface area contributed by atoms with E-state index in [-0.39, 0.29) is 4.75 Å². The largest absolute Gasteiger partial charge is 0.329 e. The molecule has 0 aromatic rings. The minimum atomic E-state index is -0.122. The van der Waals surface area contributed by atoms with E-state index in [1.54, 1.807) is 0 Å². The molecule has 0 amide bonds. The molecule has 0 saturated carbocycles. The molecule has 0 aromatic heterocycles. The lowest BCUT2D eigenvalue weighted by Gasteiger charge is -2.23. The molecule has 0 aliphatic heterocycles. The SMILES string of the molecule is C=CCC(S)(CN)CC=C. The van der Waals surface area contributed by atoms with Crippen molar-refractivity contribution < 1.29 is 0 Å². The van der Waals surface area contributed by atoms with Gasteiger partial charge in [-0.15, -0.1) is 13.2 Å². The van der Waals surface area contributed by atoms with E-state index < -0.39 is 0 Å². The van der Waals surface area contributed by atoms with Gasteiger partial charge in [-0.1, -0.05) is 12.2 Å². The monoisotopic (exact) mass is 157 g/mol. The van der Waals surface area contributed by atoms with Gasteiger partial charge in [-0.3, -0.25) is 0 Å². The molecule has 0 aliphatic rings. The smallest absolute Gasteiger partial charge is 0.0320 e. The minimum Gasteiger partial charge on any atom is -0.329 e. The molecule has 0 unspecified atom stereocenters. The Morgan fingerprint density at radius 1 is 1.30 bits per heavy atom. The topological polar surface area (TPSA) is 26.0 Å². The zero-order valence-electron chi connectivity index (χ0n) is 6.21. The molecule has 2 heteroatoms. The van der Waals surface area contributed by atoms with E-state index in [9.17, 15) is 0 Å². The molecule has 0 heterocycles. The lowest BCUT2D eigenvalue weighted by molar-refractivity contribution is 0.618. The molecule has 0 aromatic carbocycles. The first-order valence-corrected chi connectivity index (χ1v) is 3.77. The number of allylic oxidation sites excluding steroid dienone is 2. The summed E-state index contributed by atoms with van der Waals surface area (Å²) in [5.41, 5.74) is 5.51. The number of hydrogen-bond donors (Lipinski definition) is 2. The normalized spacial score (nSPS) is 11.0. The molecule has 1 nitrogen and oxygen atoms in total. The van der Waals surface area contributed by atoms with E-state index in [1.165, 1.54) is 0 Å². The predicted molar refractivity (Wildman–Crippen MR) is 50.4 cm³/mol. The summed E-state index contributed by atoms with van der Waals surface area (Å²) >= 11 is 4.41. The summed E-state index contributed by atoms with van der Waals surface area (Å²) in [6.07, 6.45) is 5.34. The third kappa shape index (κ3) is 3.08. The summed E-state index contributed by atoms with van der Waals surface area (Å²) in [6, 6.07) is 0. The van der Waals surface area contributed by atoms with Gasteiger partial charge in [0.15, 0.2) is 0 Å². The maximum Gasteiger partial charge on any atom is 0.0320 e. The Hall–Kier alpha value is -0.210. The lowest BCUT2D eigenvalue weighted by Crippen LogP contribution is -2.30. The Morgan fingerprint density at radius 2 is 1.70 bits per heavy atom.